The summed E-state index contributed by atoms with van der Waals surface area (Å²) in [5.74, 6) is 0.409. The maximum atomic E-state index is 12.3. The first-order chi connectivity index (χ1) is 8.91. The smallest absolute Gasteiger partial charge is 0.214 e. The number of aliphatic hydroxyl groups is 1. The van der Waals surface area contributed by atoms with Gasteiger partial charge >= 0.3 is 0 Å². The molecule has 1 saturated carbocycles. The molecule has 2 rings (SSSR count). The zero-order valence-corrected chi connectivity index (χ0v) is 12.6. The van der Waals surface area contributed by atoms with Gasteiger partial charge in [-0.3, -0.25) is 0 Å². The average Bonchev–Trinajstić information content (AvgIpc) is 2.76. The van der Waals surface area contributed by atoms with E-state index in [1.54, 1.807) is 7.05 Å². The summed E-state index contributed by atoms with van der Waals surface area (Å²) in [6, 6.07) is 0. The van der Waals surface area contributed by atoms with Crippen molar-refractivity contribution in [3.8, 4) is 0 Å². The maximum absolute atomic E-state index is 12.3. The second kappa shape index (κ2) is 6.08. The fraction of sp³-hybridized carbons (Fsp3) is 1.00. The zero-order valence-electron chi connectivity index (χ0n) is 11.8. The lowest BCUT2D eigenvalue weighted by Crippen LogP contribution is -2.45. The Hall–Kier alpha value is -0.170. The van der Waals surface area contributed by atoms with Gasteiger partial charge in [-0.05, 0) is 44.7 Å². The van der Waals surface area contributed by atoms with Gasteiger partial charge in [-0.2, -0.15) is 0 Å². The summed E-state index contributed by atoms with van der Waals surface area (Å²) in [6.45, 7) is 2.03. The minimum atomic E-state index is -3.25. The van der Waals surface area contributed by atoms with Crippen LogP contribution in [0.3, 0.4) is 0 Å². The fourth-order valence-corrected chi connectivity index (χ4v) is 4.77. The predicted molar refractivity (Wildman–Crippen MR) is 75.4 cm³/mol. The molecule has 0 aromatic heterocycles. The van der Waals surface area contributed by atoms with Crippen molar-refractivity contribution in [2.45, 2.75) is 44.1 Å². The van der Waals surface area contributed by atoms with Gasteiger partial charge < -0.3 is 10.4 Å². The van der Waals surface area contributed by atoms with Gasteiger partial charge in [-0.25, -0.2) is 12.7 Å². The van der Waals surface area contributed by atoms with Crippen LogP contribution in [0.15, 0.2) is 0 Å². The van der Waals surface area contributed by atoms with Crippen LogP contribution in [0.25, 0.3) is 0 Å². The molecule has 0 aromatic rings. The number of sulfonamides is 1. The number of likely N-dealkylation sites (N-methyl/N-ethyl adjacent to an activating group) is 1. The Morgan fingerprint density at radius 3 is 2.58 bits per heavy atom. The summed E-state index contributed by atoms with van der Waals surface area (Å²) in [4.78, 5) is 0. The highest BCUT2D eigenvalue weighted by Crippen LogP contribution is 2.30. The number of hydrogen-bond acceptors (Lipinski definition) is 4. The van der Waals surface area contributed by atoms with Crippen molar-refractivity contribution in [3.63, 3.8) is 0 Å². The molecule has 2 N–H and O–H groups in total. The second-order valence-electron chi connectivity index (χ2n) is 6.18. The SMILES string of the molecule is CN(CC1(O)CCCC1)S(=O)(=O)CC1CCCNC1. The van der Waals surface area contributed by atoms with Crippen LogP contribution in [0.4, 0.5) is 0 Å². The van der Waals surface area contributed by atoms with Crippen molar-refractivity contribution in [3.05, 3.63) is 0 Å². The molecule has 1 atom stereocenters. The lowest BCUT2D eigenvalue weighted by Gasteiger charge is -2.30. The highest BCUT2D eigenvalue weighted by Gasteiger charge is 2.36. The van der Waals surface area contributed by atoms with E-state index in [0.717, 1.165) is 51.6 Å². The fourth-order valence-electron chi connectivity index (χ4n) is 3.20. The first-order valence-corrected chi connectivity index (χ1v) is 8.89. The van der Waals surface area contributed by atoms with Crippen LogP contribution >= 0.6 is 0 Å². The maximum Gasteiger partial charge on any atom is 0.214 e. The van der Waals surface area contributed by atoms with Gasteiger partial charge in [0.2, 0.25) is 10.0 Å². The van der Waals surface area contributed by atoms with Crippen molar-refractivity contribution in [1.29, 1.82) is 0 Å². The summed E-state index contributed by atoms with van der Waals surface area (Å²) in [5.41, 5.74) is -0.799. The van der Waals surface area contributed by atoms with Crippen molar-refractivity contribution in [2.75, 3.05) is 32.4 Å². The molecule has 0 amide bonds. The normalized spacial score (nSPS) is 27.8. The molecule has 19 heavy (non-hydrogen) atoms. The molecular weight excluding hydrogens is 264 g/mol. The minimum absolute atomic E-state index is 0.201. The third kappa shape index (κ3) is 4.15. The van der Waals surface area contributed by atoms with Gasteiger partial charge in [0.15, 0.2) is 0 Å². The molecule has 2 fully saturated rings. The van der Waals surface area contributed by atoms with Crippen molar-refractivity contribution < 1.29 is 13.5 Å². The van der Waals surface area contributed by atoms with Gasteiger partial charge in [0.05, 0.1) is 11.4 Å². The van der Waals surface area contributed by atoms with E-state index in [4.69, 9.17) is 0 Å². The zero-order chi connectivity index (χ0) is 13.9. The lowest BCUT2D eigenvalue weighted by molar-refractivity contribution is 0.0333. The quantitative estimate of drug-likeness (QED) is 0.776. The Kier molecular flexibility index (Phi) is 4.87. The Bertz CT molecular complexity index is 385. The standard InChI is InChI=1S/C13H26N2O3S/c1-15(11-13(16)6-2-3-7-13)19(17,18)10-12-5-4-8-14-9-12/h12,14,16H,2-11H2,1H3. The van der Waals surface area contributed by atoms with Crippen LogP contribution in [-0.2, 0) is 10.0 Å². The van der Waals surface area contributed by atoms with Gasteiger partial charge in [0, 0.05) is 13.6 Å². The Morgan fingerprint density at radius 2 is 2.00 bits per heavy atom. The van der Waals surface area contributed by atoms with Gasteiger partial charge in [0.1, 0.15) is 0 Å². The van der Waals surface area contributed by atoms with Crippen LogP contribution in [0, 0.1) is 5.92 Å². The van der Waals surface area contributed by atoms with E-state index in [9.17, 15) is 13.5 Å². The Labute approximate surface area is 116 Å². The second-order valence-corrected chi connectivity index (χ2v) is 8.30. The summed E-state index contributed by atoms with van der Waals surface area (Å²) < 4.78 is 26.0. The molecule has 0 spiro atoms. The van der Waals surface area contributed by atoms with Crippen LogP contribution < -0.4 is 5.32 Å². The van der Waals surface area contributed by atoms with E-state index < -0.39 is 15.6 Å². The van der Waals surface area contributed by atoms with E-state index >= 15 is 0 Å². The largest absolute Gasteiger partial charge is 0.389 e. The summed E-state index contributed by atoms with van der Waals surface area (Å²) in [7, 11) is -1.65. The van der Waals surface area contributed by atoms with Gasteiger partial charge in [-0.15, -0.1) is 0 Å². The Balaban J connectivity index is 1.90. The number of piperidine rings is 1. The van der Waals surface area contributed by atoms with E-state index in [0.29, 0.717) is 0 Å². The topological polar surface area (TPSA) is 69.6 Å². The summed E-state index contributed by atoms with van der Waals surface area (Å²) >= 11 is 0. The molecule has 0 bridgehead atoms. The van der Waals surface area contributed by atoms with Gasteiger partial charge in [0.25, 0.3) is 0 Å². The minimum Gasteiger partial charge on any atom is -0.389 e. The van der Waals surface area contributed by atoms with Crippen LogP contribution in [0.1, 0.15) is 38.5 Å². The first-order valence-electron chi connectivity index (χ1n) is 7.28. The van der Waals surface area contributed by atoms with Crippen LogP contribution in [0.5, 0.6) is 0 Å². The average molecular weight is 290 g/mol. The first kappa shape index (κ1) is 15.2. The molecule has 2 aliphatic rings. The molecular formula is C13H26N2O3S. The van der Waals surface area contributed by atoms with Gasteiger partial charge in [-0.1, -0.05) is 12.8 Å². The highest BCUT2D eigenvalue weighted by atomic mass is 32.2. The van der Waals surface area contributed by atoms with E-state index in [2.05, 4.69) is 5.32 Å². The van der Waals surface area contributed by atoms with E-state index in [1.165, 1.54) is 4.31 Å². The van der Waals surface area contributed by atoms with E-state index in [-0.39, 0.29) is 18.2 Å². The van der Waals surface area contributed by atoms with Crippen molar-refractivity contribution >= 4 is 10.0 Å². The van der Waals surface area contributed by atoms with Crippen molar-refractivity contribution in [1.82, 2.24) is 9.62 Å². The molecule has 0 radical (unpaired) electrons. The van der Waals surface area contributed by atoms with Crippen LogP contribution in [0.2, 0.25) is 0 Å². The van der Waals surface area contributed by atoms with E-state index in [1.807, 2.05) is 0 Å². The highest BCUT2D eigenvalue weighted by molar-refractivity contribution is 7.89. The summed E-state index contributed by atoms with van der Waals surface area (Å²) in [6.07, 6.45) is 5.46. The molecule has 0 aromatic carbocycles. The monoisotopic (exact) mass is 290 g/mol. The molecule has 1 saturated heterocycles. The summed E-state index contributed by atoms with van der Waals surface area (Å²) in [5, 5.41) is 13.6. The van der Waals surface area contributed by atoms with Crippen LogP contribution in [-0.4, -0.2) is 55.9 Å². The third-order valence-electron chi connectivity index (χ3n) is 4.37. The third-order valence-corrected chi connectivity index (χ3v) is 6.34. The molecule has 1 heterocycles. The molecule has 112 valence electrons. The molecule has 5 nitrogen and oxygen atoms in total. The molecule has 6 heteroatoms. The van der Waals surface area contributed by atoms with Crippen molar-refractivity contribution in [2.24, 2.45) is 5.92 Å². The number of nitrogens with zero attached hydrogens (tertiary/aromatic N) is 1. The molecule has 1 aliphatic carbocycles. The number of nitrogens with one attached hydrogen (secondary N) is 1. The predicted octanol–water partition coefficient (Wildman–Crippen LogP) is 0.553. The number of rotatable bonds is 5. The molecule has 1 aliphatic heterocycles. The lowest BCUT2D eigenvalue weighted by atomic mass is 10.0. The Morgan fingerprint density at radius 1 is 1.32 bits per heavy atom. The molecule has 1 unspecified atom stereocenters. The number of hydrogen-bond donors (Lipinski definition) is 2.